The van der Waals surface area contributed by atoms with E-state index < -0.39 is 0 Å². The van der Waals surface area contributed by atoms with E-state index >= 15 is 0 Å². The number of esters is 1. The van der Waals surface area contributed by atoms with Crippen LogP contribution in [0.25, 0.3) is 0 Å². The van der Waals surface area contributed by atoms with Gasteiger partial charge in [0, 0.05) is 0 Å². The van der Waals surface area contributed by atoms with Crippen molar-refractivity contribution in [1.82, 2.24) is 0 Å². The van der Waals surface area contributed by atoms with E-state index in [-0.39, 0.29) is 11.9 Å². The molecule has 2 nitrogen and oxygen atoms in total. The fourth-order valence-corrected chi connectivity index (χ4v) is 6.97. The van der Waals surface area contributed by atoms with E-state index in [1.807, 2.05) is 18.2 Å². The van der Waals surface area contributed by atoms with Gasteiger partial charge >= 0.3 is 5.97 Å². The molecule has 0 amide bonds. The lowest BCUT2D eigenvalue weighted by molar-refractivity contribution is -0.144. The molecule has 0 N–H and O–H groups in total. The number of hydrogen-bond acceptors (Lipinski definition) is 2. The number of hydrogen-bond donors (Lipinski definition) is 0. The molecule has 3 fully saturated rings. The van der Waals surface area contributed by atoms with E-state index in [1.54, 1.807) is 0 Å². The molecule has 3 saturated carbocycles. The molecule has 2 heteroatoms. The van der Waals surface area contributed by atoms with Crippen LogP contribution >= 0.6 is 0 Å². The minimum atomic E-state index is 0.0236. The van der Waals surface area contributed by atoms with Gasteiger partial charge in [-0.3, -0.25) is 4.79 Å². The summed E-state index contributed by atoms with van der Waals surface area (Å²) in [5.41, 5.74) is 1.27. The van der Waals surface area contributed by atoms with E-state index in [0.717, 1.165) is 42.9 Å². The number of benzene rings is 1. The van der Waals surface area contributed by atoms with Crippen LogP contribution in [-0.4, -0.2) is 5.97 Å². The smallest absolute Gasteiger partial charge is 0.314 e. The van der Waals surface area contributed by atoms with E-state index in [1.165, 1.54) is 69.8 Å². The highest BCUT2D eigenvalue weighted by Gasteiger charge is 2.43. The Kier molecular flexibility index (Phi) is 7.91. The minimum Gasteiger partial charge on any atom is -0.426 e. The quantitative estimate of drug-likeness (QED) is 0.255. The molecule has 4 unspecified atom stereocenters. The van der Waals surface area contributed by atoms with Gasteiger partial charge in [0.25, 0.3) is 0 Å². The molecule has 4 rings (SSSR count). The van der Waals surface area contributed by atoms with Gasteiger partial charge in [-0.05, 0) is 98.7 Å². The van der Waals surface area contributed by atoms with Gasteiger partial charge in [-0.15, -0.1) is 6.58 Å². The summed E-state index contributed by atoms with van der Waals surface area (Å²) >= 11 is 0. The Hall–Kier alpha value is -1.57. The summed E-state index contributed by atoms with van der Waals surface area (Å²) in [7, 11) is 0. The minimum absolute atomic E-state index is 0.0236. The Morgan fingerprint density at radius 2 is 1.71 bits per heavy atom. The molecule has 1 aromatic carbocycles. The Bertz CT molecular complexity index is 713. The Balaban J connectivity index is 1.31. The number of allylic oxidation sites excluding steroid dienone is 1. The van der Waals surface area contributed by atoms with Crippen molar-refractivity contribution in [2.75, 3.05) is 0 Å². The van der Waals surface area contributed by atoms with Crippen molar-refractivity contribution in [3.8, 4) is 5.75 Å². The number of carbonyl (C=O) groups is 1. The number of rotatable bonds is 7. The summed E-state index contributed by atoms with van der Waals surface area (Å²) in [6.07, 6.45) is 18.6. The third-order valence-corrected chi connectivity index (χ3v) is 8.91. The highest BCUT2D eigenvalue weighted by molar-refractivity contribution is 5.75. The second kappa shape index (κ2) is 10.8. The Morgan fingerprint density at radius 3 is 2.42 bits per heavy atom. The first-order chi connectivity index (χ1) is 15.2. The molecule has 1 aromatic rings. The fourth-order valence-electron chi connectivity index (χ4n) is 6.97. The van der Waals surface area contributed by atoms with Gasteiger partial charge in [0.1, 0.15) is 5.75 Å². The lowest BCUT2D eigenvalue weighted by atomic mass is 9.59. The summed E-state index contributed by atoms with van der Waals surface area (Å²) in [5.74, 6) is 4.99. The zero-order chi connectivity index (χ0) is 21.6. The molecule has 31 heavy (non-hydrogen) atoms. The topological polar surface area (TPSA) is 26.3 Å². The van der Waals surface area contributed by atoms with Crippen molar-refractivity contribution < 1.29 is 9.53 Å². The van der Waals surface area contributed by atoms with Gasteiger partial charge in [0.2, 0.25) is 0 Å². The Labute approximate surface area is 189 Å². The summed E-state index contributed by atoms with van der Waals surface area (Å²) in [6, 6.07) is 8.07. The van der Waals surface area contributed by atoms with Crippen LogP contribution in [0.1, 0.15) is 89.5 Å². The molecule has 3 aliphatic carbocycles. The van der Waals surface area contributed by atoms with Crippen LogP contribution in [0.2, 0.25) is 0 Å². The van der Waals surface area contributed by atoms with Crippen molar-refractivity contribution in [2.45, 2.75) is 90.4 Å². The van der Waals surface area contributed by atoms with Crippen LogP contribution in [0.15, 0.2) is 36.9 Å². The molecule has 0 radical (unpaired) electrons. The highest BCUT2D eigenvalue weighted by Crippen LogP contribution is 2.50. The van der Waals surface area contributed by atoms with E-state index in [4.69, 9.17) is 4.74 Å². The van der Waals surface area contributed by atoms with Gasteiger partial charge in [-0.2, -0.15) is 0 Å². The monoisotopic (exact) mass is 422 g/mol. The third kappa shape index (κ3) is 5.62. The van der Waals surface area contributed by atoms with Gasteiger partial charge in [-0.1, -0.05) is 57.2 Å². The molecule has 3 aliphatic rings. The summed E-state index contributed by atoms with van der Waals surface area (Å²) < 4.78 is 5.87. The maximum Gasteiger partial charge on any atom is 0.314 e. The fraction of sp³-hybridized carbons (Fsp3) is 0.690. The molecule has 0 aromatic heterocycles. The normalized spacial score (nSPS) is 33.3. The zero-order valence-electron chi connectivity index (χ0n) is 19.6. The van der Waals surface area contributed by atoms with Crippen LogP contribution in [0.3, 0.4) is 0 Å². The van der Waals surface area contributed by atoms with Crippen molar-refractivity contribution in [3.05, 3.63) is 42.5 Å². The largest absolute Gasteiger partial charge is 0.426 e. The number of carbonyl (C=O) groups excluding carboxylic acids is 1. The first-order valence-corrected chi connectivity index (χ1v) is 13.1. The van der Waals surface area contributed by atoms with Gasteiger partial charge in [0.05, 0.1) is 5.92 Å². The average molecular weight is 423 g/mol. The molecule has 4 atom stereocenters. The molecular weight excluding hydrogens is 380 g/mol. The van der Waals surface area contributed by atoms with Gasteiger partial charge in [-0.25, -0.2) is 0 Å². The first-order valence-electron chi connectivity index (χ1n) is 13.1. The predicted octanol–water partition coefficient (Wildman–Crippen LogP) is 7.76. The van der Waals surface area contributed by atoms with E-state index in [9.17, 15) is 4.79 Å². The molecule has 0 saturated heterocycles. The van der Waals surface area contributed by atoms with E-state index in [2.05, 4.69) is 25.6 Å². The predicted molar refractivity (Wildman–Crippen MR) is 128 cm³/mol. The summed E-state index contributed by atoms with van der Waals surface area (Å²) in [4.78, 5) is 13.1. The maximum absolute atomic E-state index is 13.1. The van der Waals surface area contributed by atoms with Gasteiger partial charge in [0.15, 0.2) is 0 Å². The van der Waals surface area contributed by atoms with Crippen LogP contribution in [-0.2, 0) is 11.2 Å². The van der Waals surface area contributed by atoms with Crippen LogP contribution in [0, 0.1) is 35.5 Å². The van der Waals surface area contributed by atoms with Crippen molar-refractivity contribution >= 4 is 5.97 Å². The average Bonchev–Trinajstić information content (AvgIpc) is 2.83. The van der Waals surface area contributed by atoms with E-state index in [0.29, 0.717) is 11.7 Å². The first kappa shape index (κ1) is 22.6. The number of aryl methyl sites for hydroxylation is 1. The Morgan fingerprint density at radius 1 is 0.968 bits per heavy atom. The third-order valence-electron chi connectivity index (χ3n) is 8.91. The molecule has 0 aliphatic heterocycles. The molecular formula is C29H42O2. The maximum atomic E-state index is 13.1. The van der Waals surface area contributed by atoms with Crippen LogP contribution in [0.5, 0.6) is 5.75 Å². The second-order valence-corrected chi connectivity index (χ2v) is 10.6. The molecule has 170 valence electrons. The lowest BCUT2D eigenvalue weighted by Gasteiger charge is -2.46. The van der Waals surface area contributed by atoms with Crippen molar-refractivity contribution in [3.63, 3.8) is 0 Å². The lowest BCUT2D eigenvalue weighted by Crippen LogP contribution is -2.40. The highest BCUT2D eigenvalue weighted by atomic mass is 16.5. The van der Waals surface area contributed by atoms with Gasteiger partial charge < -0.3 is 4.74 Å². The van der Waals surface area contributed by atoms with Crippen molar-refractivity contribution in [1.29, 1.82) is 0 Å². The molecule has 0 bridgehead atoms. The SMILES string of the molecule is C=CCCc1ccc(OC(=O)C2CCCC3CC(C4CCC(CC)CC4)CCC32)cc1. The molecule has 0 heterocycles. The zero-order valence-corrected chi connectivity index (χ0v) is 19.6. The van der Waals surface area contributed by atoms with Crippen molar-refractivity contribution in [2.24, 2.45) is 35.5 Å². The standard InChI is InChI=1S/C29H42O2/c1-3-5-7-22-12-17-26(18-13-22)31-29(30)28-9-6-8-25-20-24(16-19-27(25)28)23-14-10-21(4-2)11-15-23/h3,12-13,17-18,21,23-25,27-28H,1,4-11,14-16,19-20H2,2H3. The summed E-state index contributed by atoms with van der Waals surface area (Å²) in [5, 5.41) is 0. The number of ether oxygens (including phenoxy) is 1. The summed E-state index contributed by atoms with van der Waals surface area (Å²) in [6.45, 7) is 6.14. The van der Waals surface area contributed by atoms with Crippen LogP contribution in [0.4, 0.5) is 0 Å². The number of fused-ring (bicyclic) bond motifs is 1. The van der Waals surface area contributed by atoms with Crippen LogP contribution < -0.4 is 4.74 Å². The molecule has 0 spiro atoms. The second-order valence-electron chi connectivity index (χ2n) is 10.6.